The Morgan fingerprint density at radius 3 is 2.17 bits per heavy atom. The summed E-state index contributed by atoms with van der Waals surface area (Å²) in [5.41, 5.74) is 2.46. The van der Waals surface area contributed by atoms with Crippen molar-refractivity contribution in [2.24, 2.45) is 0 Å². The van der Waals surface area contributed by atoms with E-state index in [1.807, 2.05) is 24.0 Å². The minimum absolute atomic E-state index is 0.128. The van der Waals surface area contributed by atoms with Crippen LogP contribution in [0.1, 0.15) is 56.1 Å². The fraction of sp³-hybridized carbons (Fsp3) is 0.481. The van der Waals surface area contributed by atoms with Gasteiger partial charge in [-0.3, -0.25) is 9.59 Å². The minimum atomic E-state index is -3.80. The van der Waals surface area contributed by atoms with E-state index in [4.69, 9.17) is 0 Å². The lowest BCUT2D eigenvalue weighted by molar-refractivity contribution is -0.129. The first-order chi connectivity index (χ1) is 16.8. The molecule has 7 nitrogen and oxygen atoms in total. The molecule has 0 radical (unpaired) electrons. The third-order valence-corrected chi connectivity index (χ3v) is 8.87. The Balaban J connectivity index is 1.43. The fourth-order valence-electron chi connectivity index (χ4n) is 4.93. The Bertz CT molecular complexity index is 1120. The molecule has 0 unspecified atom stereocenters. The first-order valence-corrected chi connectivity index (χ1v) is 14.0. The minimum Gasteiger partial charge on any atom is -0.342 e. The van der Waals surface area contributed by atoms with E-state index in [1.54, 1.807) is 36.4 Å². The van der Waals surface area contributed by atoms with Gasteiger partial charge in [0, 0.05) is 24.8 Å². The zero-order valence-corrected chi connectivity index (χ0v) is 21.2. The highest BCUT2D eigenvalue weighted by Gasteiger charge is 2.34. The van der Waals surface area contributed by atoms with Gasteiger partial charge in [-0.25, -0.2) is 8.42 Å². The summed E-state index contributed by atoms with van der Waals surface area (Å²) in [7, 11) is -3.80. The topological polar surface area (TPSA) is 86.8 Å². The van der Waals surface area contributed by atoms with Crippen molar-refractivity contribution in [1.82, 2.24) is 9.21 Å². The highest BCUT2D eigenvalue weighted by atomic mass is 32.2. The van der Waals surface area contributed by atoms with Gasteiger partial charge in [-0.1, -0.05) is 49.1 Å². The molecule has 0 aromatic heterocycles. The lowest BCUT2D eigenvalue weighted by Gasteiger charge is -2.33. The van der Waals surface area contributed by atoms with Crippen LogP contribution in [-0.2, 0) is 26.0 Å². The molecule has 1 saturated carbocycles. The molecule has 0 spiro atoms. The number of hydrogen-bond acceptors (Lipinski definition) is 4. The summed E-state index contributed by atoms with van der Waals surface area (Å²) in [6, 6.07) is 13.8. The van der Waals surface area contributed by atoms with Crippen molar-refractivity contribution < 1.29 is 18.0 Å². The number of carbonyl (C=O) groups excluding carboxylic acids is 2. The number of nitrogens with one attached hydrogen (secondary N) is 1. The highest BCUT2D eigenvalue weighted by molar-refractivity contribution is 7.89. The van der Waals surface area contributed by atoms with Crippen LogP contribution in [0, 0.1) is 6.92 Å². The van der Waals surface area contributed by atoms with Crippen LogP contribution in [0.5, 0.6) is 0 Å². The number of hydrogen-bond donors (Lipinski definition) is 1. The van der Waals surface area contributed by atoms with Crippen molar-refractivity contribution in [1.29, 1.82) is 0 Å². The molecule has 2 amide bonds. The summed E-state index contributed by atoms with van der Waals surface area (Å²) in [5.74, 6) is -0.240. The zero-order chi connectivity index (χ0) is 24.8. The molecule has 35 heavy (non-hydrogen) atoms. The molecular weight excluding hydrogens is 462 g/mol. The standard InChI is InChI=1S/C27H35N3O4S/c1-21-9-15-25(16-10-21)35(33,34)30(24-7-3-2-4-8-24)20-26(31)28-23-13-11-22(12-14-23)19-27(32)29-17-5-6-18-29/h9-16,24H,2-8,17-20H2,1H3,(H,28,31). The van der Waals surface area contributed by atoms with Crippen molar-refractivity contribution in [3.05, 3.63) is 59.7 Å². The Labute approximate surface area is 208 Å². The first-order valence-electron chi connectivity index (χ1n) is 12.6. The quantitative estimate of drug-likeness (QED) is 0.594. The van der Waals surface area contributed by atoms with Gasteiger partial charge in [0.05, 0.1) is 17.9 Å². The van der Waals surface area contributed by atoms with Crippen molar-refractivity contribution in [3.8, 4) is 0 Å². The second kappa shape index (κ2) is 11.4. The molecule has 2 aromatic carbocycles. The van der Waals surface area contributed by atoms with Crippen LogP contribution >= 0.6 is 0 Å². The number of carbonyl (C=O) groups is 2. The maximum atomic E-state index is 13.5. The van der Waals surface area contributed by atoms with Gasteiger partial charge >= 0.3 is 0 Å². The number of likely N-dealkylation sites (tertiary alicyclic amines) is 1. The Kier molecular flexibility index (Phi) is 8.23. The molecule has 0 bridgehead atoms. The lowest BCUT2D eigenvalue weighted by atomic mass is 9.95. The summed E-state index contributed by atoms with van der Waals surface area (Å²) in [4.78, 5) is 27.4. The van der Waals surface area contributed by atoms with E-state index in [2.05, 4.69) is 5.32 Å². The smallest absolute Gasteiger partial charge is 0.243 e. The molecule has 2 aliphatic rings. The van der Waals surface area contributed by atoms with Crippen LogP contribution in [0.3, 0.4) is 0 Å². The predicted molar refractivity (Wildman–Crippen MR) is 137 cm³/mol. The molecule has 1 saturated heterocycles. The molecule has 1 aliphatic carbocycles. The van der Waals surface area contributed by atoms with Gasteiger partial charge in [0.1, 0.15) is 0 Å². The number of aryl methyl sites for hydroxylation is 1. The summed E-state index contributed by atoms with van der Waals surface area (Å²) in [6.45, 7) is 3.35. The van der Waals surface area contributed by atoms with Gasteiger partial charge in [0.2, 0.25) is 21.8 Å². The van der Waals surface area contributed by atoms with Crippen LogP contribution < -0.4 is 5.32 Å². The van der Waals surface area contributed by atoms with Crippen LogP contribution in [-0.4, -0.2) is 55.1 Å². The van der Waals surface area contributed by atoms with Gasteiger partial charge in [-0.05, 0) is 62.4 Å². The van der Waals surface area contributed by atoms with Crippen LogP contribution in [0.25, 0.3) is 0 Å². The molecule has 8 heteroatoms. The molecule has 4 rings (SSSR count). The Morgan fingerprint density at radius 2 is 1.54 bits per heavy atom. The summed E-state index contributed by atoms with van der Waals surface area (Å²) in [6.07, 6.45) is 7.01. The zero-order valence-electron chi connectivity index (χ0n) is 20.4. The van der Waals surface area contributed by atoms with E-state index in [9.17, 15) is 18.0 Å². The van der Waals surface area contributed by atoms with E-state index >= 15 is 0 Å². The maximum absolute atomic E-state index is 13.5. The van der Waals surface area contributed by atoms with Crippen LogP contribution in [0.15, 0.2) is 53.4 Å². The largest absolute Gasteiger partial charge is 0.342 e. The normalized spacial score (nSPS) is 17.0. The third-order valence-electron chi connectivity index (χ3n) is 6.96. The SMILES string of the molecule is Cc1ccc(S(=O)(=O)N(CC(=O)Nc2ccc(CC(=O)N3CCCC3)cc2)C2CCCCC2)cc1. The molecule has 1 aliphatic heterocycles. The summed E-state index contributed by atoms with van der Waals surface area (Å²) >= 11 is 0. The van der Waals surface area contributed by atoms with Crippen molar-refractivity contribution in [3.63, 3.8) is 0 Å². The van der Waals surface area contributed by atoms with E-state index in [1.165, 1.54) is 4.31 Å². The number of amides is 2. The number of nitrogens with zero attached hydrogens (tertiary/aromatic N) is 2. The molecule has 2 aromatic rings. The molecule has 1 N–H and O–H groups in total. The maximum Gasteiger partial charge on any atom is 0.243 e. The predicted octanol–water partition coefficient (Wildman–Crippen LogP) is 4.12. The van der Waals surface area contributed by atoms with Crippen LogP contribution in [0.4, 0.5) is 5.69 Å². The Morgan fingerprint density at radius 1 is 0.914 bits per heavy atom. The van der Waals surface area contributed by atoms with Gasteiger partial charge in [-0.15, -0.1) is 0 Å². The average molecular weight is 498 g/mol. The molecule has 2 fully saturated rings. The summed E-state index contributed by atoms with van der Waals surface area (Å²) < 4.78 is 28.4. The van der Waals surface area contributed by atoms with E-state index in [0.717, 1.165) is 69.2 Å². The van der Waals surface area contributed by atoms with Gasteiger partial charge in [0.15, 0.2) is 0 Å². The monoisotopic (exact) mass is 497 g/mol. The lowest BCUT2D eigenvalue weighted by Crippen LogP contribution is -2.45. The van der Waals surface area contributed by atoms with Crippen molar-refractivity contribution in [2.75, 3.05) is 25.0 Å². The van der Waals surface area contributed by atoms with Gasteiger partial charge < -0.3 is 10.2 Å². The number of benzene rings is 2. The second-order valence-electron chi connectivity index (χ2n) is 9.66. The van der Waals surface area contributed by atoms with E-state index in [0.29, 0.717) is 12.1 Å². The molecule has 1 heterocycles. The summed E-state index contributed by atoms with van der Waals surface area (Å²) in [5, 5.41) is 2.84. The molecule has 188 valence electrons. The van der Waals surface area contributed by atoms with Crippen molar-refractivity contribution in [2.45, 2.75) is 69.2 Å². The average Bonchev–Trinajstić information content (AvgIpc) is 3.40. The fourth-order valence-corrected chi connectivity index (χ4v) is 6.57. The van der Waals surface area contributed by atoms with Crippen LogP contribution in [0.2, 0.25) is 0 Å². The van der Waals surface area contributed by atoms with Gasteiger partial charge in [-0.2, -0.15) is 4.31 Å². The number of sulfonamides is 1. The van der Waals surface area contributed by atoms with Crippen molar-refractivity contribution >= 4 is 27.5 Å². The first kappa shape index (κ1) is 25.4. The van der Waals surface area contributed by atoms with Gasteiger partial charge in [0.25, 0.3) is 0 Å². The van der Waals surface area contributed by atoms with E-state index in [-0.39, 0.29) is 29.3 Å². The molecule has 0 atom stereocenters. The number of rotatable bonds is 8. The van der Waals surface area contributed by atoms with E-state index < -0.39 is 10.0 Å². The Hall–Kier alpha value is -2.71. The number of anilines is 1. The highest BCUT2D eigenvalue weighted by Crippen LogP contribution is 2.28. The molecular formula is C27H35N3O4S. The third kappa shape index (κ3) is 6.49. The second-order valence-corrected chi connectivity index (χ2v) is 11.6.